The third kappa shape index (κ3) is 2.42. The molecule has 6 heteroatoms. The van der Waals surface area contributed by atoms with Crippen LogP contribution in [-0.4, -0.2) is 45.2 Å². The highest BCUT2D eigenvalue weighted by Crippen LogP contribution is 2.13. The molecular weight excluding hydrogens is 230 g/mol. The molecule has 92 valence electrons. The van der Waals surface area contributed by atoms with Crippen LogP contribution in [0.5, 0.6) is 0 Å². The molecule has 0 saturated carbocycles. The molecular formula is C12H13N5O. The van der Waals surface area contributed by atoms with Crippen molar-refractivity contribution in [2.45, 2.75) is 0 Å². The lowest BCUT2D eigenvalue weighted by molar-refractivity contribution is 0.310. The number of oxime groups is 1. The van der Waals surface area contributed by atoms with Gasteiger partial charge in [0.2, 0.25) is 0 Å². The first-order valence-electron chi connectivity index (χ1n) is 5.37. The van der Waals surface area contributed by atoms with Gasteiger partial charge in [-0.05, 0) is 0 Å². The van der Waals surface area contributed by atoms with Gasteiger partial charge in [-0.1, -0.05) is 35.5 Å². The van der Waals surface area contributed by atoms with Gasteiger partial charge in [-0.15, -0.1) is 5.10 Å². The van der Waals surface area contributed by atoms with Crippen LogP contribution in [0.15, 0.2) is 41.7 Å². The molecule has 0 bridgehead atoms. The van der Waals surface area contributed by atoms with Crippen LogP contribution in [0.1, 0.15) is 5.69 Å². The van der Waals surface area contributed by atoms with Crippen molar-refractivity contribution in [3.8, 4) is 11.4 Å². The van der Waals surface area contributed by atoms with E-state index in [9.17, 15) is 0 Å². The van der Waals surface area contributed by atoms with Gasteiger partial charge in [-0.3, -0.25) is 0 Å². The average Bonchev–Trinajstić information content (AvgIpc) is 2.40. The molecule has 0 spiro atoms. The van der Waals surface area contributed by atoms with E-state index in [-0.39, 0.29) is 0 Å². The molecule has 0 radical (unpaired) electrons. The number of hydrogen-bond donors (Lipinski definition) is 1. The fourth-order valence-corrected chi connectivity index (χ4v) is 1.49. The van der Waals surface area contributed by atoms with E-state index in [4.69, 9.17) is 5.21 Å². The maximum absolute atomic E-state index is 8.97. The standard InChI is InChI=1S/C12H13N5O/c1-17(2)12(16-18)10-8-13-15-11(14-10)9-6-4-3-5-7-9/h3-8,18H,1-2H3/b16-12-. The van der Waals surface area contributed by atoms with Crippen LogP contribution < -0.4 is 0 Å². The summed E-state index contributed by atoms with van der Waals surface area (Å²) in [6.45, 7) is 0. The second kappa shape index (κ2) is 5.22. The van der Waals surface area contributed by atoms with E-state index < -0.39 is 0 Å². The van der Waals surface area contributed by atoms with E-state index in [1.807, 2.05) is 30.3 Å². The molecule has 0 atom stereocenters. The Labute approximate surface area is 105 Å². The smallest absolute Gasteiger partial charge is 0.195 e. The molecule has 0 unspecified atom stereocenters. The monoisotopic (exact) mass is 243 g/mol. The number of amidine groups is 1. The SMILES string of the molecule is CN(C)/C(=N\O)c1cnnc(-c2ccccc2)n1. The van der Waals surface area contributed by atoms with Gasteiger partial charge >= 0.3 is 0 Å². The van der Waals surface area contributed by atoms with E-state index in [1.165, 1.54) is 6.20 Å². The maximum Gasteiger partial charge on any atom is 0.195 e. The molecule has 0 aliphatic rings. The largest absolute Gasteiger partial charge is 0.409 e. The highest BCUT2D eigenvalue weighted by Gasteiger charge is 2.11. The van der Waals surface area contributed by atoms with Crippen molar-refractivity contribution in [3.63, 3.8) is 0 Å². The van der Waals surface area contributed by atoms with Gasteiger partial charge in [0.1, 0.15) is 5.69 Å². The maximum atomic E-state index is 8.97. The van der Waals surface area contributed by atoms with Gasteiger partial charge in [0.25, 0.3) is 0 Å². The lowest BCUT2D eigenvalue weighted by Gasteiger charge is -2.12. The third-order valence-electron chi connectivity index (χ3n) is 2.34. The third-order valence-corrected chi connectivity index (χ3v) is 2.34. The van der Waals surface area contributed by atoms with Gasteiger partial charge in [0.05, 0.1) is 6.20 Å². The van der Waals surface area contributed by atoms with Crippen molar-refractivity contribution in [2.75, 3.05) is 14.1 Å². The minimum Gasteiger partial charge on any atom is -0.409 e. The first-order valence-corrected chi connectivity index (χ1v) is 5.37. The van der Waals surface area contributed by atoms with Gasteiger partial charge in [-0.2, -0.15) is 5.10 Å². The van der Waals surface area contributed by atoms with Crippen LogP contribution in [0.2, 0.25) is 0 Å². The van der Waals surface area contributed by atoms with Crippen LogP contribution >= 0.6 is 0 Å². The molecule has 2 aromatic rings. The summed E-state index contributed by atoms with van der Waals surface area (Å²) in [6.07, 6.45) is 1.46. The Bertz CT molecular complexity index is 553. The Morgan fingerprint density at radius 2 is 1.94 bits per heavy atom. The molecule has 1 aromatic heterocycles. The number of nitrogens with zero attached hydrogens (tertiary/aromatic N) is 5. The topological polar surface area (TPSA) is 74.5 Å². The van der Waals surface area contributed by atoms with Crippen molar-refractivity contribution in [3.05, 3.63) is 42.2 Å². The summed E-state index contributed by atoms with van der Waals surface area (Å²) < 4.78 is 0. The zero-order valence-electron chi connectivity index (χ0n) is 10.1. The molecule has 1 N–H and O–H groups in total. The molecule has 18 heavy (non-hydrogen) atoms. The van der Waals surface area contributed by atoms with Crippen LogP contribution in [0, 0.1) is 0 Å². The van der Waals surface area contributed by atoms with Crippen LogP contribution in [0.3, 0.4) is 0 Å². The van der Waals surface area contributed by atoms with Crippen LogP contribution in [0.4, 0.5) is 0 Å². The number of rotatable bonds is 2. The van der Waals surface area contributed by atoms with Crippen molar-refractivity contribution < 1.29 is 5.21 Å². The predicted octanol–water partition coefficient (Wildman–Crippen LogP) is 1.24. The Hall–Kier alpha value is -2.50. The van der Waals surface area contributed by atoms with Crippen molar-refractivity contribution >= 4 is 5.84 Å². The quantitative estimate of drug-likeness (QED) is 0.372. The lowest BCUT2D eigenvalue weighted by Crippen LogP contribution is -2.24. The summed E-state index contributed by atoms with van der Waals surface area (Å²) in [4.78, 5) is 5.98. The molecule has 2 rings (SSSR count). The Morgan fingerprint density at radius 3 is 2.56 bits per heavy atom. The fourth-order valence-electron chi connectivity index (χ4n) is 1.49. The minimum atomic E-state index is 0.335. The minimum absolute atomic E-state index is 0.335. The van der Waals surface area contributed by atoms with Crippen LogP contribution in [0.25, 0.3) is 11.4 Å². The summed E-state index contributed by atoms with van der Waals surface area (Å²) in [5.74, 6) is 0.832. The Kier molecular flexibility index (Phi) is 3.47. The van der Waals surface area contributed by atoms with E-state index in [0.29, 0.717) is 17.4 Å². The van der Waals surface area contributed by atoms with Crippen molar-refractivity contribution in [2.24, 2.45) is 5.16 Å². The normalized spacial score (nSPS) is 11.3. The van der Waals surface area contributed by atoms with Crippen LogP contribution in [-0.2, 0) is 0 Å². The zero-order valence-corrected chi connectivity index (χ0v) is 10.1. The molecule has 1 heterocycles. The summed E-state index contributed by atoms with van der Waals surface area (Å²) in [5.41, 5.74) is 1.33. The highest BCUT2D eigenvalue weighted by molar-refractivity contribution is 5.96. The first-order chi connectivity index (χ1) is 8.72. The van der Waals surface area contributed by atoms with Crippen molar-refractivity contribution in [1.82, 2.24) is 20.1 Å². The summed E-state index contributed by atoms with van der Waals surface area (Å²) in [5, 5.41) is 20.0. The molecule has 1 aromatic carbocycles. The zero-order chi connectivity index (χ0) is 13.0. The predicted molar refractivity (Wildman–Crippen MR) is 67.3 cm³/mol. The number of benzene rings is 1. The first kappa shape index (κ1) is 12.0. The van der Waals surface area contributed by atoms with E-state index in [2.05, 4.69) is 20.3 Å². The summed E-state index contributed by atoms with van der Waals surface area (Å²) >= 11 is 0. The molecule has 6 nitrogen and oxygen atoms in total. The Balaban J connectivity index is 2.43. The van der Waals surface area contributed by atoms with E-state index >= 15 is 0 Å². The Morgan fingerprint density at radius 1 is 1.22 bits per heavy atom. The highest BCUT2D eigenvalue weighted by atomic mass is 16.4. The summed E-state index contributed by atoms with van der Waals surface area (Å²) in [6, 6.07) is 9.51. The van der Waals surface area contributed by atoms with E-state index in [0.717, 1.165) is 5.56 Å². The van der Waals surface area contributed by atoms with Gasteiger partial charge in [0.15, 0.2) is 11.7 Å². The molecule has 0 aliphatic carbocycles. The van der Waals surface area contributed by atoms with E-state index in [1.54, 1.807) is 19.0 Å². The van der Waals surface area contributed by atoms with Gasteiger partial charge < -0.3 is 10.1 Å². The molecule has 0 aliphatic heterocycles. The number of hydrogen-bond acceptors (Lipinski definition) is 5. The second-order valence-electron chi connectivity index (χ2n) is 3.85. The summed E-state index contributed by atoms with van der Waals surface area (Å²) in [7, 11) is 3.53. The van der Waals surface area contributed by atoms with Gasteiger partial charge in [-0.25, -0.2) is 4.98 Å². The average molecular weight is 243 g/mol. The molecule has 0 saturated heterocycles. The second-order valence-corrected chi connectivity index (χ2v) is 3.85. The molecule has 0 fully saturated rings. The number of aromatic nitrogens is 3. The molecule has 0 amide bonds. The van der Waals surface area contributed by atoms with Crippen molar-refractivity contribution in [1.29, 1.82) is 0 Å². The fraction of sp³-hybridized carbons (Fsp3) is 0.167. The lowest BCUT2D eigenvalue weighted by atomic mass is 10.2. The van der Waals surface area contributed by atoms with Gasteiger partial charge in [0, 0.05) is 19.7 Å².